The van der Waals surface area contributed by atoms with Crippen molar-refractivity contribution in [1.29, 1.82) is 0 Å². The van der Waals surface area contributed by atoms with Crippen LogP contribution >= 0.6 is 0 Å². The van der Waals surface area contributed by atoms with Gasteiger partial charge in [0.05, 0.1) is 6.61 Å². The van der Waals surface area contributed by atoms with Gasteiger partial charge < -0.3 is 25.8 Å². The van der Waals surface area contributed by atoms with Crippen LogP contribution in [0.25, 0.3) is 0 Å². The van der Waals surface area contributed by atoms with Gasteiger partial charge in [-0.2, -0.15) is 0 Å². The number of carbonyl (C=O) groups is 1. The molecule has 4 atom stereocenters. The number of ether oxygens (including phenoxy) is 1. The Balaban J connectivity index is 2.19. The molecule has 1 aliphatic rings. The standard InChI is InChI=1S/C8H12N4O5/c9-6(16)7-10-2-12(11-7)8-5(15)4(14)3(1-13)17-8/h2-5,8,13-15H,1H2,(H2,9,16)/t3-,4-,5+,8-/m1/s1. The summed E-state index contributed by atoms with van der Waals surface area (Å²) in [5, 5.41) is 31.8. The van der Waals surface area contributed by atoms with Gasteiger partial charge in [-0.1, -0.05) is 0 Å². The number of hydrogen-bond donors (Lipinski definition) is 4. The maximum absolute atomic E-state index is 10.8. The number of aliphatic hydroxyl groups is 3. The molecule has 1 aromatic heterocycles. The summed E-state index contributed by atoms with van der Waals surface area (Å²) in [6.07, 6.45) is -3.26. The van der Waals surface area contributed by atoms with E-state index in [0.717, 1.165) is 11.0 Å². The summed E-state index contributed by atoms with van der Waals surface area (Å²) in [6, 6.07) is 0. The minimum Gasteiger partial charge on any atom is -0.394 e. The van der Waals surface area contributed by atoms with E-state index in [-0.39, 0.29) is 5.82 Å². The molecule has 1 saturated heterocycles. The number of rotatable bonds is 3. The Labute approximate surface area is 95.4 Å². The second kappa shape index (κ2) is 4.37. The molecular formula is C8H12N4O5. The monoisotopic (exact) mass is 244 g/mol. The molecule has 2 heterocycles. The highest BCUT2D eigenvalue weighted by Crippen LogP contribution is 2.28. The van der Waals surface area contributed by atoms with Gasteiger partial charge in [-0.15, -0.1) is 5.10 Å². The van der Waals surface area contributed by atoms with E-state index in [1.807, 2.05) is 0 Å². The first-order chi connectivity index (χ1) is 8.04. The Morgan fingerprint density at radius 3 is 2.71 bits per heavy atom. The van der Waals surface area contributed by atoms with Crippen molar-refractivity contribution in [3.63, 3.8) is 0 Å². The van der Waals surface area contributed by atoms with Gasteiger partial charge in [0.1, 0.15) is 24.6 Å². The number of hydrogen-bond acceptors (Lipinski definition) is 7. The van der Waals surface area contributed by atoms with Gasteiger partial charge in [0, 0.05) is 0 Å². The topological polar surface area (TPSA) is 144 Å². The summed E-state index contributed by atoms with van der Waals surface area (Å²) >= 11 is 0. The molecule has 5 N–H and O–H groups in total. The molecule has 9 heteroatoms. The second-order valence-electron chi connectivity index (χ2n) is 3.64. The highest BCUT2D eigenvalue weighted by Gasteiger charge is 2.43. The first-order valence-corrected chi connectivity index (χ1v) is 4.88. The van der Waals surface area contributed by atoms with Crippen LogP contribution in [0.3, 0.4) is 0 Å². The molecule has 0 spiro atoms. The Kier molecular flexibility index (Phi) is 3.07. The van der Waals surface area contributed by atoms with Crippen molar-refractivity contribution in [3.05, 3.63) is 12.2 Å². The molecule has 0 unspecified atom stereocenters. The fourth-order valence-electron chi connectivity index (χ4n) is 1.61. The van der Waals surface area contributed by atoms with Gasteiger partial charge in [0.25, 0.3) is 5.91 Å². The van der Waals surface area contributed by atoms with Crippen LogP contribution in [0.4, 0.5) is 0 Å². The minimum absolute atomic E-state index is 0.220. The fourth-order valence-corrected chi connectivity index (χ4v) is 1.61. The highest BCUT2D eigenvalue weighted by molar-refractivity contribution is 5.88. The summed E-state index contributed by atoms with van der Waals surface area (Å²) < 4.78 is 6.25. The van der Waals surface area contributed by atoms with Crippen molar-refractivity contribution in [2.75, 3.05) is 6.61 Å². The maximum atomic E-state index is 10.8. The van der Waals surface area contributed by atoms with Gasteiger partial charge in [-0.3, -0.25) is 4.79 Å². The second-order valence-corrected chi connectivity index (χ2v) is 3.64. The smallest absolute Gasteiger partial charge is 0.288 e. The molecule has 1 aliphatic heterocycles. The van der Waals surface area contributed by atoms with E-state index in [2.05, 4.69) is 10.1 Å². The van der Waals surface area contributed by atoms with E-state index in [0.29, 0.717) is 0 Å². The molecule has 2 rings (SSSR count). The maximum Gasteiger partial charge on any atom is 0.288 e. The van der Waals surface area contributed by atoms with Gasteiger partial charge in [-0.25, -0.2) is 9.67 Å². The normalized spacial score (nSPS) is 32.9. The molecule has 1 fully saturated rings. The van der Waals surface area contributed by atoms with E-state index in [1.54, 1.807) is 0 Å². The van der Waals surface area contributed by atoms with Crippen LogP contribution in [0, 0.1) is 0 Å². The lowest BCUT2D eigenvalue weighted by molar-refractivity contribution is -0.0588. The van der Waals surface area contributed by atoms with Gasteiger partial charge >= 0.3 is 0 Å². The Morgan fingerprint density at radius 2 is 2.24 bits per heavy atom. The zero-order valence-corrected chi connectivity index (χ0v) is 8.67. The van der Waals surface area contributed by atoms with E-state index < -0.39 is 37.1 Å². The molecule has 0 bridgehead atoms. The number of nitrogens with two attached hydrogens (primary N) is 1. The molecule has 0 aromatic carbocycles. The van der Waals surface area contributed by atoms with Crippen LogP contribution in [0.2, 0.25) is 0 Å². The molecule has 0 aliphatic carbocycles. The van der Waals surface area contributed by atoms with Crippen molar-refractivity contribution in [3.8, 4) is 0 Å². The predicted molar refractivity (Wildman–Crippen MR) is 51.5 cm³/mol. The fraction of sp³-hybridized carbons (Fsp3) is 0.625. The van der Waals surface area contributed by atoms with Crippen LogP contribution in [0.1, 0.15) is 16.8 Å². The number of carbonyl (C=O) groups excluding carboxylic acids is 1. The van der Waals surface area contributed by atoms with E-state index in [9.17, 15) is 15.0 Å². The van der Waals surface area contributed by atoms with Crippen molar-refractivity contribution < 1.29 is 24.9 Å². The lowest BCUT2D eigenvalue weighted by atomic mass is 10.1. The van der Waals surface area contributed by atoms with Crippen molar-refractivity contribution in [1.82, 2.24) is 14.8 Å². The molecule has 94 valence electrons. The lowest BCUT2D eigenvalue weighted by Crippen LogP contribution is -2.33. The SMILES string of the molecule is NC(=O)c1ncn([C@@H]2O[C@H](CO)[C@@H](O)[C@@H]2O)n1. The zero-order chi connectivity index (χ0) is 12.6. The largest absolute Gasteiger partial charge is 0.394 e. The predicted octanol–water partition coefficient (Wildman–Crippen LogP) is -3.01. The summed E-state index contributed by atoms with van der Waals surface area (Å²) in [4.78, 5) is 14.4. The summed E-state index contributed by atoms with van der Waals surface area (Å²) in [5.41, 5.74) is 4.97. The van der Waals surface area contributed by atoms with Crippen LogP contribution in [-0.2, 0) is 4.74 Å². The summed E-state index contributed by atoms with van der Waals surface area (Å²) in [5.74, 6) is -1.03. The van der Waals surface area contributed by atoms with Crippen molar-refractivity contribution >= 4 is 5.91 Å². The number of aromatic nitrogens is 3. The zero-order valence-electron chi connectivity index (χ0n) is 8.67. The third-order valence-corrected chi connectivity index (χ3v) is 2.51. The average Bonchev–Trinajstić information content (AvgIpc) is 2.87. The number of nitrogens with zero attached hydrogens (tertiary/aromatic N) is 3. The Hall–Kier alpha value is -1.55. The highest BCUT2D eigenvalue weighted by atomic mass is 16.6. The van der Waals surface area contributed by atoms with Crippen molar-refractivity contribution in [2.45, 2.75) is 24.5 Å². The third kappa shape index (κ3) is 2.00. The van der Waals surface area contributed by atoms with Gasteiger partial charge in [0.2, 0.25) is 5.82 Å². The Morgan fingerprint density at radius 1 is 1.53 bits per heavy atom. The first-order valence-electron chi connectivity index (χ1n) is 4.88. The third-order valence-electron chi connectivity index (χ3n) is 2.51. The Bertz CT molecular complexity index is 422. The average molecular weight is 244 g/mol. The van der Waals surface area contributed by atoms with Crippen molar-refractivity contribution in [2.24, 2.45) is 5.73 Å². The molecule has 0 saturated carbocycles. The van der Waals surface area contributed by atoms with Crippen LogP contribution in [0.5, 0.6) is 0 Å². The van der Waals surface area contributed by atoms with Crippen LogP contribution < -0.4 is 5.73 Å². The molecular weight excluding hydrogens is 232 g/mol. The molecule has 9 nitrogen and oxygen atoms in total. The molecule has 0 radical (unpaired) electrons. The lowest BCUT2D eigenvalue weighted by Gasteiger charge is -2.13. The summed E-state index contributed by atoms with van der Waals surface area (Å²) in [7, 11) is 0. The van der Waals surface area contributed by atoms with Gasteiger partial charge in [-0.05, 0) is 0 Å². The van der Waals surface area contributed by atoms with E-state index >= 15 is 0 Å². The number of aliphatic hydroxyl groups excluding tert-OH is 3. The molecule has 17 heavy (non-hydrogen) atoms. The first kappa shape index (κ1) is 11.9. The molecule has 1 amide bonds. The quantitative estimate of drug-likeness (QED) is 0.443. The van der Waals surface area contributed by atoms with E-state index in [4.69, 9.17) is 15.6 Å². The van der Waals surface area contributed by atoms with Gasteiger partial charge in [0.15, 0.2) is 6.23 Å². The van der Waals surface area contributed by atoms with E-state index in [1.165, 1.54) is 0 Å². The van der Waals surface area contributed by atoms with Crippen LogP contribution in [-0.4, -0.2) is 60.9 Å². The number of primary amides is 1. The minimum atomic E-state index is -1.27. The summed E-state index contributed by atoms with van der Waals surface area (Å²) in [6.45, 7) is -0.438. The molecule has 1 aromatic rings. The van der Waals surface area contributed by atoms with Crippen LogP contribution in [0.15, 0.2) is 6.33 Å². The number of amides is 1.